The first kappa shape index (κ1) is 13.5. The van der Waals surface area contributed by atoms with Crippen LogP contribution < -0.4 is 5.73 Å². The smallest absolute Gasteiger partial charge is 0.239 e. The van der Waals surface area contributed by atoms with E-state index in [0.717, 1.165) is 25.8 Å². The van der Waals surface area contributed by atoms with Crippen LogP contribution >= 0.6 is 0 Å². The van der Waals surface area contributed by atoms with Gasteiger partial charge in [0, 0.05) is 12.6 Å². The van der Waals surface area contributed by atoms with Gasteiger partial charge in [-0.1, -0.05) is 33.6 Å². The number of nitrogens with two attached hydrogens (primary N) is 1. The summed E-state index contributed by atoms with van der Waals surface area (Å²) in [5.41, 5.74) is 5.95. The molecule has 3 heteroatoms. The Morgan fingerprint density at radius 3 is 2.50 bits per heavy atom. The summed E-state index contributed by atoms with van der Waals surface area (Å²) in [5.74, 6) is 0.701. The Hall–Kier alpha value is -0.570. The minimum Gasteiger partial charge on any atom is -0.338 e. The molecule has 1 saturated carbocycles. The van der Waals surface area contributed by atoms with E-state index in [2.05, 4.69) is 20.8 Å². The lowest BCUT2D eigenvalue weighted by Crippen LogP contribution is -2.46. The first-order valence-electron chi connectivity index (χ1n) is 6.62. The Morgan fingerprint density at radius 1 is 1.44 bits per heavy atom. The fraction of sp³-hybridized carbons (Fsp3) is 0.923. The van der Waals surface area contributed by atoms with E-state index in [1.165, 1.54) is 12.8 Å². The third kappa shape index (κ3) is 4.12. The van der Waals surface area contributed by atoms with Gasteiger partial charge in [0.15, 0.2) is 0 Å². The van der Waals surface area contributed by atoms with Crippen molar-refractivity contribution in [2.24, 2.45) is 11.7 Å². The van der Waals surface area contributed by atoms with Crippen LogP contribution in [-0.2, 0) is 4.79 Å². The maximum Gasteiger partial charge on any atom is 0.239 e. The topological polar surface area (TPSA) is 46.3 Å². The maximum atomic E-state index is 12.2. The van der Waals surface area contributed by atoms with Gasteiger partial charge in [0.05, 0.1) is 6.04 Å². The molecule has 0 unspecified atom stereocenters. The van der Waals surface area contributed by atoms with Crippen LogP contribution in [0.4, 0.5) is 0 Å². The van der Waals surface area contributed by atoms with Gasteiger partial charge in [-0.05, 0) is 25.2 Å². The van der Waals surface area contributed by atoms with Crippen LogP contribution in [-0.4, -0.2) is 29.4 Å². The van der Waals surface area contributed by atoms with Crippen LogP contribution in [0, 0.1) is 5.92 Å². The highest BCUT2D eigenvalue weighted by Gasteiger charge is 2.34. The fourth-order valence-electron chi connectivity index (χ4n) is 1.96. The number of carbonyl (C=O) groups excluding carboxylic acids is 1. The molecule has 1 fully saturated rings. The second-order valence-electron chi connectivity index (χ2n) is 5.36. The number of amides is 1. The van der Waals surface area contributed by atoms with E-state index in [0.29, 0.717) is 12.0 Å². The molecule has 0 heterocycles. The second kappa shape index (κ2) is 6.24. The molecular formula is C13H26N2O. The average molecular weight is 226 g/mol. The summed E-state index contributed by atoms with van der Waals surface area (Å²) in [6.07, 6.45) is 5.32. The minimum atomic E-state index is -0.278. The van der Waals surface area contributed by atoms with Gasteiger partial charge in [0.2, 0.25) is 5.91 Å². The van der Waals surface area contributed by atoms with Crippen molar-refractivity contribution in [1.82, 2.24) is 4.90 Å². The molecule has 3 nitrogen and oxygen atoms in total. The molecule has 0 spiro atoms. The molecular weight excluding hydrogens is 200 g/mol. The van der Waals surface area contributed by atoms with Crippen molar-refractivity contribution < 1.29 is 4.79 Å². The van der Waals surface area contributed by atoms with Gasteiger partial charge in [-0.15, -0.1) is 0 Å². The summed E-state index contributed by atoms with van der Waals surface area (Å²) in [6.45, 7) is 7.30. The zero-order chi connectivity index (χ0) is 12.1. The predicted octanol–water partition coefficient (Wildman–Crippen LogP) is 2.15. The average Bonchev–Trinajstić information content (AvgIpc) is 3.05. The van der Waals surface area contributed by atoms with Crippen molar-refractivity contribution in [2.75, 3.05) is 6.54 Å². The normalized spacial score (nSPS) is 17.6. The van der Waals surface area contributed by atoms with Crippen LogP contribution in [0.1, 0.15) is 52.9 Å². The SMILES string of the molecule is CCCC[C@H](N)C(=O)N(CC(C)C)C1CC1. The lowest BCUT2D eigenvalue weighted by atomic mass is 10.1. The molecule has 0 radical (unpaired) electrons. The molecule has 1 aliphatic carbocycles. The molecule has 1 amide bonds. The van der Waals surface area contributed by atoms with Gasteiger partial charge >= 0.3 is 0 Å². The molecule has 0 aromatic carbocycles. The second-order valence-corrected chi connectivity index (χ2v) is 5.36. The van der Waals surface area contributed by atoms with Crippen LogP contribution in [0.15, 0.2) is 0 Å². The first-order chi connectivity index (χ1) is 7.56. The third-order valence-corrected chi connectivity index (χ3v) is 3.02. The van der Waals surface area contributed by atoms with E-state index < -0.39 is 0 Å². The summed E-state index contributed by atoms with van der Waals surface area (Å²) in [7, 11) is 0. The predicted molar refractivity (Wildman–Crippen MR) is 67.1 cm³/mol. The Kier molecular flexibility index (Phi) is 5.26. The van der Waals surface area contributed by atoms with Crippen LogP contribution in [0.2, 0.25) is 0 Å². The summed E-state index contributed by atoms with van der Waals surface area (Å²) >= 11 is 0. The maximum absolute atomic E-state index is 12.2. The van der Waals surface area contributed by atoms with Crippen molar-refractivity contribution >= 4 is 5.91 Å². The van der Waals surface area contributed by atoms with Crippen molar-refractivity contribution in [3.63, 3.8) is 0 Å². The summed E-state index contributed by atoms with van der Waals surface area (Å²) in [5, 5.41) is 0. The summed E-state index contributed by atoms with van der Waals surface area (Å²) in [6, 6.07) is 0.210. The van der Waals surface area contributed by atoms with Crippen LogP contribution in [0.3, 0.4) is 0 Å². The highest BCUT2D eigenvalue weighted by molar-refractivity contribution is 5.82. The fourth-order valence-corrected chi connectivity index (χ4v) is 1.96. The molecule has 0 aliphatic heterocycles. The quantitative estimate of drug-likeness (QED) is 0.723. The molecule has 0 saturated heterocycles. The van der Waals surface area contributed by atoms with Crippen molar-refractivity contribution in [3.8, 4) is 0 Å². The number of carbonyl (C=O) groups is 1. The Labute approximate surface area is 99.4 Å². The number of rotatable bonds is 7. The largest absolute Gasteiger partial charge is 0.338 e. The summed E-state index contributed by atoms with van der Waals surface area (Å²) in [4.78, 5) is 14.2. The Balaban J connectivity index is 2.46. The van der Waals surface area contributed by atoms with Gasteiger partial charge < -0.3 is 10.6 Å². The summed E-state index contributed by atoms with van der Waals surface area (Å²) < 4.78 is 0. The standard InChI is InChI=1S/C13H26N2O/c1-4-5-6-12(14)13(16)15(9-10(2)3)11-7-8-11/h10-12H,4-9,14H2,1-3H3/t12-/m0/s1. The third-order valence-electron chi connectivity index (χ3n) is 3.02. The lowest BCUT2D eigenvalue weighted by Gasteiger charge is -2.27. The molecule has 1 rings (SSSR count). The van der Waals surface area contributed by atoms with E-state index in [9.17, 15) is 4.79 Å². The lowest BCUT2D eigenvalue weighted by molar-refractivity contribution is -0.133. The number of nitrogens with zero attached hydrogens (tertiary/aromatic N) is 1. The molecule has 0 aromatic rings. The van der Waals surface area contributed by atoms with E-state index in [1.54, 1.807) is 0 Å². The van der Waals surface area contributed by atoms with E-state index >= 15 is 0 Å². The van der Waals surface area contributed by atoms with Gasteiger partial charge in [0.25, 0.3) is 0 Å². The van der Waals surface area contributed by atoms with Crippen molar-refractivity contribution in [1.29, 1.82) is 0 Å². The van der Waals surface area contributed by atoms with Crippen LogP contribution in [0.25, 0.3) is 0 Å². The molecule has 16 heavy (non-hydrogen) atoms. The molecule has 94 valence electrons. The van der Waals surface area contributed by atoms with E-state index in [-0.39, 0.29) is 11.9 Å². The highest BCUT2D eigenvalue weighted by Crippen LogP contribution is 2.28. The molecule has 2 N–H and O–H groups in total. The monoisotopic (exact) mass is 226 g/mol. The van der Waals surface area contributed by atoms with Crippen molar-refractivity contribution in [3.05, 3.63) is 0 Å². The van der Waals surface area contributed by atoms with E-state index in [4.69, 9.17) is 5.73 Å². The zero-order valence-corrected chi connectivity index (χ0v) is 10.9. The van der Waals surface area contributed by atoms with Gasteiger partial charge in [-0.3, -0.25) is 4.79 Å². The highest BCUT2D eigenvalue weighted by atomic mass is 16.2. The van der Waals surface area contributed by atoms with Crippen molar-refractivity contribution in [2.45, 2.75) is 65.0 Å². The number of unbranched alkanes of at least 4 members (excludes halogenated alkanes) is 1. The number of hydrogen-bond acceptors (Lipinski definition) is 2. The van der Waals surface area contributed by atoms with E-state index in [1.807, 2.05) is 4.90 Å². The van der Waals surface area contributed by atoms with Gasteiger partial charge in [-0.25, -0.2) is 0 Å². The molecule has 1 aliphatic rings. The van der Waals surface area contributed by atoms with Gasteiger partial charge in [0.1, 0.15) is 0 Å². The molecule has 0 bridgehead atoms. The Morgan fingerprint density at radius 2 is 2.06 bits per heavy atom. The number of hydrogen-bond donors (Lipinski definition) is 1. The van der Waals surface area contributed by atoms with Crippen LogP contribution in [0.5, 0.6) is 0 Å². The Bertz CT molecular complexity index is 224. The zero-order valence-electron chi connectivity index (χ0n) is 10.9. The first-order valence-corrected chi connectivity index (χ1v) is 6.62. The molecule has 1 atom stereocenters. The minimum absolute atomic E-state index is 0.171. The van der Waals surface area contributed by atoms with Gasteiger partial charge in [-0.2, -0.15) is 0 Å². The molecule has 0 aromatic heterocycles.